The third-order valence-electron chi connectivity index (χ3n) is 4.33. The lowest BCUT2D eigenvalue weighted by Crippen LogP contribution is -2.36. The molecule has 2 aromatic carbocycles. The number of nitrogens with zero attached hydrogens (tertiary/aromatic N) is 1. The van der Waals surface area contributed by atoms with Crippen LogP contribution < -0.4 is 5.32 Å². The van der Waals surface area contributed by atoms with Gasteiger partial charge in [-0.3, -0.25) is 9.78 Å². The molecule has 3 rings (SSSR count). The zero-order chi connectivity index (χ0) is 20.3. The number of hydrogen-bond donors (Lipinski definition) is 1. The van der Waals surface area contributed by atoms with Crippen molar-refractivity contribution in [1.82, 2.24) is 10.3 Å². The molecule has 0 saturated heterocycles. The van der Waals surface area contributed by atoms with E-state index in [-0.39, 0.29) is 28.8 Å². The summed E-state index contributed by atoms with van der Waals surface area (Å²) in [7, 11) is 0. The maximum absolute atomic E-state index is 13.8. The topological polar surface area (TPSA) is 42.0 Å². The first kappa shape index (κ1) is 19.6. The van der Waals surface area contributed by atoms with Gasteiger partial charge in [-0.25, -0.2) is 13.2 Å². The van der Waals surface area contributed by atoms with Crippen molar-refractivity contribution in [2.75, 3.05) is 0 Å². The molecule has 1 unspecified atom stereocenters. The summed E-state index contributed by atoms with van der Waals surface area (Å²) in [6.45, 7) is 5.75. The Bertz CT molecular complexity index is 1030. The van der Waals surface area contributed by atoms with Crippen LogP contribution >= 0.6 is 0 Å². The molecule has 1 N–H and O–H groups in total. The van der Waals surface area contributed by atoms with E-state index in [0.717, 1.165) is 17.2 Å². The highest BCUT2D eigenvalue weighted by Crippen LogP contribution is 2.20. The molecular formula is C22H19F3N2O. The van der Waals surface area contributed by atoms with Crippen LogP contribution in [0.5, 0.6) is 0 Å². The Morgan fingerprint density at radius 2 is 1.86 bits per heavy atom. The average Bonchev–Trinajstić information content (AvgIpc) is 2.65. The number of halogens is 3. The average molecular weight is 384 g/mol. The summed E-state index contributed by atoms with van der Waals surface area (Å²) < 4.78 is 40.2. The van der Waals surface area contributed by atoms with Gasteiger partial charge in [0.05, 0.1) is 5.56 Å². The third kappa shape index (κ3) is 4.57. The number of aromatic nitrogens is 1. The Balaban J connectivity index is 1.80. The molecule has 0 spiro atoms. The summed E-state index contributed by atoms with van der Waals surface area (Å²) in [5.74, 6) is -2.73. The molecule has 1 heterocycles. The Morgan fingerprint density at radius 3 is 2.54 bits per heavy atom. The summed E-state index contributed by atoms with van der Waals surface area (Å²) in [5.41, 5.74) is 1.88. The Hall–Kier alpha value is -3.15. The molecule has 6 heteroatoms. The number of carbonyl (C=O) groups excluding carboxylic acids is 1. The molecule has 144 valence electrons. The lowest BCUT2D eigenvalue weighted by atomic mass is 9.99. The molecule has 0 radical (unpaired) electrons. The molecule has 3 nitrogen and oxygen atoms in total. The van der Waals surface area contributed by atoms with Crippen molar-refractivity contribution < 1.29 is 18.0 Å². The molecule has 0 aliphatic heterocycles. The van der Waals surface area contributed by atoms with Crippen molar-refractivity contribution in [2.24, 2.45) is 0 Å². The lowest BCUT2D eigenvalue weighted by Gasteiger charge is -2.19. The molecule has 0 fully saturated rings. The first-order valence-electron chi connectivity index (χ1n) is 8.77. The van der Waals surface area contributed by atoms with Crippen molar-refractivity contribution in [3.63, 3.8) is 0 Å². The van der Waals surface area contributed by atoms with Gasteiger partial charge in [-0.15, -0.1) is 6.58 Å². The second kappa shape index (κ2) is 8.25. The van der Waals surface area contributed by atoms with Gasteiger partial charge >= 0.3 is 0 Å². The van der Waals surface area contributed by atoms with E-state index in [2.05, 4.69) is 16.9 Å². The maximum Gasteiger partial charge on any atom is 0.253 e. The van der Waals surface area contributed by atoms with Crippen LogP contribution in [-0.4, -0.2) is 16.9 Å². The molecule has 1 aromatic heterocycles. The van der Waals surface area contributed by atoms with Crippen LogP contribution in [0.1, 0.15) is 29.3 Å². The van der Waals surface area contributed by atoms with E-state index in [9.17, 15) is 18.0 Å². The fraction of sp³-hybridized carbons (Fsp3) is 0.182. The van der Waals surface area contributed by atoms with E-state index in [4.69, 9.17) is 0 Å². The second-order valence-corrected chi connectivity index (χ2v) is 6.82. The van der Waals surface area contributed by atoms with Crippen molar-refractivity contribution in [2.45, 2.75) is 25.8 Å². The molecule has 1 amide bonds. The quantitative estimate of drug-likeness (QED) is 0.611. The number of amides is 1. The predicted octanol–water partition coefficient (Wildman–Crippen LogP) is 4.96. The Morgan fingerprint density at radius 1 is 1.14 bits per heavy atom. The van der Waals surface area contributed by atoms with Gasteiger partial charge in [0.25, 0.3) is 5.91 Å². The molecule has 0 aliphatic carbocycles. The van der Waals surface area contributed by atoms with Gasteiger partial charge in [-0.05, 0) is 55.7 Å². The Kier molecular flexibility index (Phi) is 5.78. The molecule has 3 aromatic rings. The number of fused-ring (bicyclic) bond motifs is 1. The van der Waals surface area contributed by atoms with E-state index >= 15 is 0 Å². The second-order valence-electron chi connectivity index (χ2n) is 6.82. The van der Waals surface area contributed by atoms with Crippen molar-refractivity contribution >= 4 is 16.8 Å². The minimum atomic E-state index is -1.04. The predicted molar refractivity (Wildman–Crippen MR) is 102 cm³/mol. The van der Waals surface area contributed by atoms with Crippen LogP contribution in [0.25, 0.3) is 10.9 Å². The molecule has 1 atom stereocenters. The van der Waals surface area contributed by atoms with E-state index in [1.165, 1.54) is 30.5 Å². The van der Waals surface area contributed by atoms with Gasteiger partial charge in [-0.2, -0.15) is 0 Å². The molecule has 0 aliphatic rings. The summed E-state index contributed by atoms with van der Waals surface area (Å²) in [6, 6.07) is 9.67. The van der Waals surface area contributed by atoms with E-state index in [0.29, 0.717) is 18.2 Å². The van der Waals surface area contributed by atoms with Gasteiger partial charge in [0.15, 0.2) is 11.6 Å². The van der Waals surface area contributed by atoms with Gasteiger partial charge in [-0.1, -0.05) is 17.7 Å². The monoisotopic (exact) mass is 384 g/mol. The fourth-order valence-electron chi connectivity index (χ4n) is 3.03. The number of hydrogen-bond acceptors (Lipinski definition) is 2. The summed E-state index contributed by atoms with van der Waals surface area (Å²) in [5, 5.41) is 3.25. The van der Waals surface area contributed by atoms with Crippen molar-refractivity contribution in [1.29, 1.82) is 0 Å². The van der Waals surface area contributed by atoms with Crippen molar-refractivity contribution in [3.8, 4) is 0 Å². The van der Waals surface area contributed by atoms with Gasteiger partial charge in [0.1, 0.15) is 11.3 Å². The normalized spacial score (nSPS) is 12.0. The standard InChI is InChI=1S/C22H19F3N2O/c1-13(2)9-18(10-14-3-6-17(23)7-4-14)27-22(28)16-11-15-5-8-19(24)20(25)21(15)26-12-16/h3-8,11-12,18H,1,9-10H2,2H3,(H,27,28). The van der Waals surface area contributed by atoms with Crippen LogP contribution in [0.2, 0.25) is 0 Å². The van der Waals surface area contributed by atoms with E-state index in [1.54, 1.807) is 12.1 Å². The number of pyridine rings is 1. The third-order valence-corrected chi connectivity index (χ3v) is 4.33. The zero-order valence-electron chi connectivity index (χ0n) is 15.3. The minimum Gasteiger partial charge on any atom is -0.349 e. The first-order chi connectivity index (χ1) is 13.3. The lowest BCUT2D eigenvalue weighted by molar-refractivity contribution is 0.0936. The zero-order valence-corrected chi connectivity index (χ0v) is 15.3. The number of rotatable bonds is 6. The van der Waals surface area contributed by atoms with E-state index in [1.807, 2.05) is 6.92 Å². The highest BCUT2D eigenvalue weighted by Gasteiger charge is 2.17. The number of carbonyl (C=O) groups is 1. The van der Waals surface area contributed by atoms with Gasteiger partial charge in [0.2, 0.25) is 0 Å². The summed E-state index contributed by atoms with van der Waals surface area (Å²) >= 11 is 0. The van der Waals surface area contributed by atoms with Crippen LogP contribution in [0, 0.1) is 17.5 Å². The fourth-order valence-corrected chi connectivity index (χ4v) is 3.03. The molecular weight excluding hydrogens is 365 g/mol. The largest absolute Gasteiger partial charge is 0.349 e. The van der Waals surface area contributed by atoms with Gasteiger partial charge < -0.3 is 5.32 Å². The van der Waals surface area contributed by atoms with Crippen LogP contribution in [0.15, 0.2) is 60.8 Å². The van der Waals surface area contributed by atoms with Crippen LogP contribution in [-0.2, 0) is 6.42 Å². The highest BCUT2D eigenvalue weighted by molar-refractivity contribution is 5.97. The first-order valence-corrected chi connectivity index (χ1v) is 8.77. The summed E-state index contributed by atoms with van der Waals surface area (Å²) in [4.78, 5) is 16.6. The van der Waals surface area contributed by atoms with Crippen LogP contribution in [0.3, 0.4) is 0 Å². The number of nitrogens with one attached hydrogen (secondary N) is 1. The van der Waals surface area contributed by atoms with Gasteiger partial charge in [0, 0.05) is 17.6 Å². The molecule has 0 bridgehead atoms. The van der Waals surface area contributed by atoms with E-state index < -0.39 is 11.6 Å². The van der Waals surface area contributed by atoms with Crippen LogP contribution in [0.4, 0.5) is 13.2 Å². The smallest absolute Gasteiger partial charge is 0.253 e. The summed E-state index contributed by atoms with van der Waals surface area (Å²) in [6.07, 6.45) is 2.26. The molecule has 28 heavy (non-hydrogen) atoms. The van der Waals surface area contributed by atoms with Crippen molar-refractivity contribution in [3.05, 3.63) is 89.4 Å². The minimum absolute atomic E-state index is 0.124. The SMILES string of the molecule is C=C(C)CC(Cc1ccc(F)cc1)NC(=O)c1cnc2c(F)c(F)ccc2c1. The Labute approximate surface area is 160 Å². The highest BCUT2D eigenvalue weighted by atomic mass is 19.2. The number of benzene rings is 2. The molecule has 0 saturated carbocycles. The maximum atomic E-state index is 13.8.